The Hall–Kier alpha value is -0.450. The van der Waals surface area contributed by atoms with Crippen LogP contribution < -0.4 is 0 Å². The number of hydrogen-bond donors (Lipinski definition) is 1. The summed E-state index contributed by atoms with van der Waals surface area (Å²) in [7, 11) is 0. The summed E-state index contributed by atoms with van der Waals surface area (Å²) in [5.41, 5.74) is 0.257. The molecule has 0 aromatic heterocycles. The first-order chi connectivity index (χ1) is 11.9. The summed E-state index contributed by atoms with van der Waals surface area (Å²) in [6.45, 7) is 5.61. The predicted molar refractivity (Wildman–Crippen MR) is 92.4 cm³/mol. The van der Waals surface area contributed by atoms with Crippen LogP contribution in [0.1, 0.15) is 65.2 Å². The van der Waals surface area contributed by atoms with Gasteiger partial charge in [0.25, 0.3) is 0 Å². The van der Waals surface area contributed by atoms with E-state index in [4.69, 9.17) is 9.47 Å². The smallest absolute Gasteiger partial charge is 0.174 e. The van der Waals surface area contributed by atoms with Gasteiger partial charge in [0, 0.05) is 18.3 Å². The Morgan fingerprint density at radius 2 is 1.76 bits per heavy atom. The molecular weight excluding hydrogens is 319 g/mol. The molecule has 0 amide bonds. The fourth-order valence-corrected chi connectivity index (χ4v) is 7.37. The van der Waals surface area contributed by atoms with Crippen LogP contribution in [0, 0.1) is 29.1 Å². The second-order valence-corrected chi connectivity index (χ2v) is 9.83. The molecule has 3 saturated carbocycles. The van der Waals surface area contributed by atoms with Gasteiger partial charge < -0.3 is 14.6 Å². The molecule has 1 spiro atoms. The van der Waals surface area contributed by atoms with Crippen LogP contribution in [0.3, 0.4) is 0 Å². The zero-order valence-electron chi connectivity index (χ0n) is 15.5. The van der Waals surface area contributed by atoms with Gasteiger partial charge >= 0.3 is 0 Å². The van der Waals surface area contributed by atoms with Crippen molar-refractivity contribution in [3.8, 4) is 0 Å². The van der Waals surface area contributed by atoms with Crippen molar-refractivity contribution in [1.29, 1.82) is 0 Å². The molecule has 0 unspecified atom stereocenters. The third kappa shape index (κ3) is 2.20. The lowest BCUT2D eigenvalue weighted by atomic mass is 9.51. The van der Waals surface area contributed by atoms with Gasteiger partial charge in [0.1, 0.15) is 0 Å². The third-order valence-corrected chi connectivity index (χ3v) is 8.58. The molecule has 5 rings (SSSR count). The summed E-state index contributed by atoms with van der Waals surface area (Å²) < 4.78 is 27.4. The second-order valence-electron chi connectivity index (χ2n) is 9.83. The topological polar surface area (TPSA) is 38.7 Å². The molecule has 5 aliphatic rings. The first-order valence-corrected chi connectivity index (χ1v) is 10.2. The summed E-state index contributed by atoms with van der Waals surface area (Å²) in [5, 5.41) is 10.4. The molecule has 0 bridgehead atoms. The fraction of sp³-hybridized carbons (Fsp3) is 0.905. The van der Waals surface area contributed by atoms with Gasteiger partial charge in [-0.1, -0.05) is 6.92 Å². The third-order valence-electron chi connectivity index (χ3n) is 8.58. The van der Waals surface area contributed by atoms with Gasteiger partial charge in [-0.15, -0.1) is 0 Å². The molecule has 4 heteroatoms. The van der Waals surface area contributed by atoms with Crippen LogP contribution in [-0.4, -0.2) is 29.7 Å². The molecule has 25 heavy (non-hydrogen) atoms. The first-order valence-electron chi connectivity index (χ1n) is 10.2. The normalized spacial score (nSPS) is 51.4. The Morgan fingerprint density at radius 1 is 1.00 bits per heavy atom. The summed E-state index contributed by atoms with van der Waals surface area (Å²) >= 11 is 0. The first kappa shape index (κ1) is 16.7. The summed E-state index contributed by atoms with van der Waals surface area (Å²) in [5.74, 6) is 1.54. The Morgan fingerprint density at radius 3 is 2.52 bits per heavy atom. The van der Waals surface area contributed by atoms with E-state index in [1.54, 1.807) is 0 Å². The maximum absolute atomic E-state index is 15.1. The van der Waals surface area contributed by atoms with E-state index in [1.807, 2.05) is 6.92 Å². The molecule has 6 atom stereocenters. The van der Waals surface area contributed by atoms with Crippen molar-refractivity contribution in [2.24, 2.45) is 29.1 Å². The minimum absolute atomic E-state index is 0.0304. The molecule has 4 aliphatic carbocycles. The van der Waals surface area contributed by atoms with Crippen molar-refractivity contribution in [3.63, 3.8) is 0 Å². The van der Waals surface area contributed by atoms with E-state index >= 15 is 4.39 Å². The van der Waals surface area contributed by atoms with Crippen molar-refractivity contribution in [2.75, 3.05) is 13.2 Å². The monoisotopic (exact) mass is 350 g/mol. The maximum atomic E-state index is 15.1. The van der Waals surface area contributed by atoms with Gasteiger partial charge in [0.2, 0.25) is 0 Å². The molecule has 0 aromatic rings. The van der Waals surface area contributed by atoms with E-state index in [0.29, 0.717) is 49.7 Å². The van der Waals surface area contributed by atoms with Crippen LogP contribution >= 0.6 is 0 Å². The minimum atomic E-state index is -0.720. The van der Waals surface area contributed by atoms with Crippen LogP contribution in [0.5, 0.6) is 0 Å². The van der Waals surface area contributed by atoms with Crippen LogP contribution in [0.15, 0.2) is 11.4 Å². The Bertz CT molecular complexity index is 606. The lowest BCUT2D eigenvalue weighted by molar-refractivity contribution is -0.240. The number of allylic oxidation sites excluding steroid dienone is 1. The van der Waals surface area contributed by atoms with E-state index in [1.165, 1.54) is 0 Å². The van der Waals surface area contributed by atoms with Gasteiger partial charge in [-0.25, -0.2) is 4.39 Å². The molecule has 1 N–H and O–H groups in total. The summed E-state index contributed by atoms with van der Waals surface area (Å²) in [4.78, 5) is 0. The van der Waals surface area contributed by atoms with Crippen LogP contribution in [0.4, 0.5) is 4.39 Å². The SMILES string of the molecule is C[C@@]1(O)CC[C@H]2C(=C(F)C[C@@H]3[C@@H]2CC[C@@]2(C)[C@H]3CCC23OCCO3)C1. The van der Waals surface area contributed by atoms with Crippen molar-refractivity contribution < 1.29 is 19.0 Å². The molecule has 3 nitrogen and oxygen atoms in total. The van der Waals surface area contributed by atoms with E-state index in [2.05, 4.69) is 6.92 Å². The molecule has 1 aliphatic heterocycles. The van der Waals surface area contributed by atoms with E-state index in [-0.39, 0.29) is 11.2 Å². The van der Waals surface area contributed by atoms with Crippen LogP contribution in [0.2, 0.25) is 0 Å². The van der Waals surface area contributed by atoms with Gasteiger partial charge in [-0.2, -0.15) is 0 Å². The highest BCUT2D eigenvalue weighted by atomic mass is 19.1. The number of aliphatic hydroxyl groups is 1. The largest absolute Gasteiger partial charge is 0.390 e. The number of fused-ring (bicyclic) bond motifs is 6. The summed E-state index contributed by atoms with van der Waals surface area (Å²) in [6, 6.07) is 0. The van der Waals surface area contributed by atoms with Gasteiger partial charge in [-0.3, -0.25) is 0 Å². The van der Waals surface area contributed by atoms with Crippen molar-refractivity contribution >= 4 is 0 Å². The van der Waals surface area contributed by atoms with E-state index < -0.39 is 11.4 Å². The highest BCUT2D eigenvalue weighted by Crippen LogP contribution is 2.67. The number of rotatable bonds is 0. The average molecular weight is 350 g/mol. The number of ether oxygens (including phenoxy) is 2. The molecule has 0 aromatic carbocycles. The highest BCUT2D eigenvalue weighted by molar-refractivity contribution is 5.25. The standard InChI is InChI=1S/C21H31FO3/c1-19(23)6-3-14-13-4-7-20(2)17(5-8-21(20)24-9-10-25-21)15(13)11-18(22)16(14)12-19/h13-15,17,23H,3-12H2,1-2H3/t13-,14-,15-,17+,19-,20+/m1/s1. The zero-order chi connectivity index (χ0) is 17.4. The fourth-order valence-electron chi connectivity index (χ4n) is 7.37. The van der Waals surface area contributed by atoms with Gasteiger partial charge in [0.15, 0.2) is 5.79 Å². The maximum Gasteiger partial charge on any atom is 0.174 e. The predicted octanol–water partition coefficient (Wildman–Crippen LogP) is 4.35. The molecule has 4 fully saturated rings. The second kappa shape index (κ2) is 5.30. The summed E-state index contributed by atoms with van der Waals surface area (Å²) in [6.07, 6.45) is 7.19. The van der Waals surface area contributed by atoms with Crippen LogP contribution in [-0.2, 0) is 9.47 Å². The van der Waals surface area contributed by atoms with Crippen molar-refractivity contribution in [2.45, 2.75) is 76.6 Å². The molecule has 1 heterocycles. The average Bonchev–Trinajstić information content (AvgIpc) is 3.15. The Kier molecular flexibility index (Phi) is 3.54. The van der Waals surface area contributed by atoms with E-state index in [9.17, 15) is 5.11 Å². The number of halogens is 1. The lowest BCUT2D eigenvalue weighted by Gasteiger charge is -2.55. The van der Waals surface area contributed by atoms with Crippen molar-refractivity contribution in [1.82, 2.24) is 0 Å². The Balaban J connectivity index is 1.48. The molecular formula is C21H31FO3. The minimum Gasteiger partial charge on any atom is -0.390 e. The number of hydrogen-bond acceptors (Lipinski definition) is 3. The molecule has 0 radical (unpaired) electrons. The van der Waals surface area contributed by atoms with Crippen molar-refractivity contribution in [3.05, 3.63) is 11.4 Å². The van der Waals surface area contributed by atoms with E-state index in [0.717, 1.165) is 44.1 Å². The lowest BCUT2D eigenvalue weighted by Crippen LogP contribution is -2.53. The quantitative estimate of drug-likeness (QED) is 0.706. The molecule has 140 valence electrons. The van der Waals surface area contributed by atoms with Gasteiger partial charge in [0.05, 0.1) is 24.6 Å². The zero-order valence-corrected chi connectivity index (χ0v) is 15.5. The highest BCUT2D eigenvalue weighted by Gasteiger charge is 2.66. The van der Waals surface area contributed by atoms with Crippen LogP contribution in [0.25, 0.3) is 0 Å². The Labute approximate surface area is 150 Å². The van der Waals surface area contributed by atoms with Gasteiger partial charge in [-0.05, 0) is 74.7 Å². The molecule has 1 saturated heterocycles.